The average Bonchev–Trinajstić information content (AvgIpc) is 2.73. The van der Waals surface area contributed by atoms with Crippen molar-refractivity contribution >= 4 is 5.97 Å². The van der Waals surface area contributed by atoms with E-state index < -0.39 is 0 Å². The van der Waals surface area contributed by atoms with Gasteiger partial charge in [-0.1, -0.05) is 24.3 Å². The van der Waals surface area contributed by atoms with E-state index in [4.69, 9.17) is 4.74 Å². The van der Waals surface area contributed by atoms with Gasteiger partial charge in [-0.15, -0.1) is 6.58 Å². The molecule has 1 aromatic carbocycles. The number of nitrogens with zero attached hydrogens (tertiary/aromatic N) is 1. The first kappa shape index (κ1) is 13.4. The van der Waals surface area contributed by atoms with E-state index in [1.54, 1.807) is 12.1 Å². The lowest BCUT2D eigenvalue weighted by Gasteiger charge is -2.41. The zero-order valence-corrected chi connectivity index (χ0v) is 11.9. The average molecular weight is 271 g/mol. The molecule has 2 saturated heterocycles. The molecule has 0 spiro atoms. The largest absolute Gasteiger partial charge is 0.458 e. The van der Waals surface area contributed by atoms with Crippen molar-refractivity contribution < 1.29 is 9.53 Å². The maximum absolute atomic E-state index is 12.2. The van der Waals surface area contributed by atoms with Gasteiger partial charge in [0.05, 0.1) is 5.56 Å². The SMILES string of the molecule is C=C[C@@H]1C2CC[C@H](C[C@@H]1OC(=O)c1ccccc1)N2C. The van der Waals surface area contributed by atoms with E-state index in [9.17, 15) is 4.79 Å². The summed E-state index contributed by atoms with van der Waals surface area (Å²) in [6, 6.07) is 10.2. The van der Waals surface area contributed by atoms with E-state index in [-0.39, 0.29) is 18.0 Å². The predicted molar refractivity (Wildman–Crippen MR) is 78.5 cm³/mol. The summed E-state index contributed by atoms with van der Waals surface area (Å²) in [5, 5.41) is 0. The Morgan fingerprint density at radius 2 is 2.10 bits per heavy atom. The second-order valence-electron chi connectivity index (χ2n) is 5.82. The van der Waals surface area contributed by atoms with E-state index in [0.29, 0.717) is 17.6 Å². The number of hydrogen-bond donors (Lipinski definition) is 0. The molecule has 0 saturated carbocycles. The highest BCUT2D eigenvalue weighted by Gasteiger charge is 2.45. The Hall–Kier alpha value is -1.61. The van der Waals surface area contributed by atoms with E-state index >= 15 is 0 Å². The summed E-state index contributed by atoms with van der Waals surface area (Å²) in [7, 11) is 2.17. The van der Waals surface area contributed by atoms with E-state index in [1.807, 2.05) is 24.3 Å². The molecule has 0 aromatic heterocycles. The minimum Gasteiger partial charge on any atom is -0.458 e. The number of carbonyl (C=O) groups excluding carboxylic acids is 1. The van der Waals surface area contributed by atoms with Crippen LogP contribution in [0.1, 0.15) is 29.6 Å². The Labute approximate surface area is 120 Å². The van der Waals surface area contributed by atoms with Crippen LogP contribution in [0.4, 0.5) is 0 Å². The lowest BCUT2D eigenvalue weighted by molar-refractivity contribution is -0.0207. The fourth-order valence-corrected chi connectivity index (χ4v) is 3.68. The second kappa shape index (κ2) is 5.41. The Balaban J connectivity index is 1.74. The zero-order chi connectivity index (χ0) is 14.1. The van der Waals surface area contributed by atoms with Crippen LogP contribution >= 0.6 is 0 Å². The topological polar surface area (TPSA) is 29.5 Å². The van der Waals surface area contributed by atoms with Crippen LogP contribution in [0.3, 0.4) is 0 Å². The zero-order valence-electron chi connectivity index (χ0n) is 11.9. The van der Waals surface area contributed by atoms with Crippen LogP contribution < -0.4 is 0 Å². The highest BCUT2D eigenvalue weighted by molar-refractivity contribution is 5.89. The lowest BCUT2D eigenvalue weighted by Crippen LogP contribution is -2.49. The standard InChI is InChI=1S/C17H21NO2/c1-3-14-15-10-9-13(18(15)2)11-16(14)20-17(19)12-7-5-4-6-8-12/h3-8,13-16H,1,9-11H2,2H3/t13-,14-,15?,16+/m1/s1. The number of esters is 1. The predicted octanol–water partition coefficient (Wildman–Crippen LogP) is 2.88. The summed E-state index contributed by atoms with van der Waals surface area (Å²) in [6.07, 6.45) is 5.23. The smallest absolute Gasteiger partial charge is 0.338 e. The van der Waals surface area contributed by atoms with Gasteiger partial charge in [-0.3, -0.25) is 4.90 Å². The molecule has 2 aliphatic heterocycles. The van der Waals surface area contributed by atoms with Gasteiger partial charge < -0.3 is 4.74 Å². The first-order valence-electron chi connectivity index (χ1n) is 7.31. The number of piperidine rings is 1. The molecule has 0 N–H and O–H groups in total. The first-order chi connectivity index (χ1) is 9.70. The molecule has 106 valence electrons. The van der Waals surface area contributed by atoms with Crippen LogP contribution in [0.25, 0.3) is 0 Å². The number of fused-ring (bicyclic) bond motifs is 2. The highest BCUT2D eigenvalue weighted by atomic mass is 16.5. The molecule has 2 aliphatic rings. The third-order valence-electron chi connectivity index (χ3n) is 4.81. The molecule has 2 fully saturated rings. The van der Waals surface area contributed by atoms with Crippen LogP contribution in [0, 0.1) is 5.92 Å². The van der Waals surface area contributed by atoms with Gasteiger partial charge in [-0.2, -0.15) is 0 Å². The lowest BCUT2D eigenvalue weighted by atomic mass is 9.87. The Kier molecular flexibility index (Phi) is 3.62. The van der Waals surface area contributed by atoms with Crippen LogP contribution in [0.15, 0.2) is 43.0 Å². The van der Waals surface area contributed by atoms with Gasteiger partial charge in [0.15, 0.2) is 0 Å². The molecule has 3 heteroatoms. The van der Waals surface area contributed by atoms with Crippen molar-refractivity contribution in [2.24, 2.45) is 5.92 Å². The van der Waals surface area contributed by atoms with Gasteiger partial charge in [0.1, 0.15) is 6.10 Å². The molecule has 0 aliphatic carbocycles. The van der Waals surface area contributed by atoms with Crippen molar-refractivity contribution in [3.63, 3.8) is 0 Å². The Bertz CT molecular complexity index is 499. The molecule has 2 heterocycles. The minimum atomic E-state index is -0.216. The number of hydrogen-bond acceptors (Lipinski definition) is 3. The second-order valence-corrected chi connectivity index (χ2v) is 5.82. The van der Waals surface area contributed by atoms with E-state index in [1.165, 1.54) is 12.8 Å². The summed E-state index contributed by atoms with van der Waals surface area (Å²) >= 11 is 0. The fraction of sp³-hybridized carbons (Fsp3) is 0.471. The monoisotopic (exact) mass is 271 g/mol. The molecule has 3 nitrogen and oxygen atoms in total. The molecule has 1 unspecified atom stereocenters. The molecule has 2 bridgehead atoms. The Morgan fingerprint density at radius 3 is 2.80 bits per heavy atom. The minimum absolute atomic E-state index is 0.0334. The third kappa shape index (κ3) is 2.27. The van der Waals surface area contributed by atoms with E-state index in [0.717, 1.165) is 6.42 Å². The summed E-state index contributed by atoms with van der Waals surface area (Å²) in [5.74, 6) is 0.0258. The molecule has 20 heavy (non-hydrogen) atoms. The van der Waals surface area contributed by atoms with Crippen molar-refractivity contribution in [1.82, 2.24) is 4.90 Å². The molecule has 0 amide bonds. The molecule has 3 rings (SSSR count). The van der Waals surface area contributed by atoms with Crippen molar-refractivity contribution in [1.29, 1.82) is 0 Å². The quantitative estimate of drug-likeness (QED) is 0.625. The highest BCUT2D eigenvalue weighted by Crippen LogP contribution is 2.40. The van der Waals surface area contributed by atoms with Crippen molar-refractivity contribution in [2.75, 3.05) is 7.05 Å². The van der Waals surface area contributed by atoms with Gasteiger partial charge in [-0.05, 0) is 32.0 Å². The van der Waals surface area contributed by atoms with Crippen molar-refractivity contribution in [2.45, 2.75) is 37.5 Å². The summed E-state index contributed by atoms with van der Waals surface area (Å²) in [6.45, 7) is 3.95. The summed E-state index contributed by atoms with van der Waals surface area (Å²) < 4.78 is 5.77. The third-order valence-corrected chi connectivity index (χ3v) is 4.81. The molecule has 4 atom stereocenters. The maximum atomic E-state index is 12.2. The number of benzene rings is 1. The van der Waals surface area contributed by atoms with Crippen LogP contribution in [-0.4, -0.2) is 36.1 Å². The first-order valence-corrected chi connectivity index (χ1v) is 7.31. The van der Waals surface area contributed by atoms with E-state index in [2.05, 4.69) is 18.5 Å². The van der Waals surface area contributed by atoms with Crippen molar-refractivity contribution in [3.8, 4) is 0 Å². The van der Waals surface area contributed by atoms with Gasteiger partial charge in [0.25, 0.3) is 0 Å². The van der Waals surface area contributed by atoms with Crippen LogP contribution in [-0.2, 0) is 4.74 Å². The molecular formula is C17H21NO2. The van der Waals surface area contributed by atoms with Gasteiger partial charge in [0.2, 0.25) is 0 Å². The van der Waals surface area contributed by atoms with Gasteiger partial charge in [-0.25, -0.2) is 4.79 Å². The van der Waals surface area contributed by atoms with Gasteiger partial charge >= 0.3 is 5.97 Å². The fourth-order valence-electron chi connectivity index (χ4n) is 3.68. The summed E-state index contributed by atoms with van der Waals surface area (Å²) in [4.78, 5) is 14.6. The maximum Gasteiger partial charge on any atom is 0.338 e. The van der Waals surface area contributed by atoms with Crippen LogP contribution in [0.2, 0.25) is 0 Å². The number of ether oxygens (including phenoxy) is 1. The summed E-state index contributed by atoms with van der Waals surface area (Å²) in [5.41, 5.74) is 0.626. The normalized spacial score (nSPS) is 32.9. The molecule has 1 aromatic rings. The van der Waals surface area contributed by atoms with Crippen molar-refractivity contribution in [3.05, 3.63) is 48.6 Å². The Morgan fingerprint density at radius 1 is 1.35 bits per heavy atom. The molecule has 0 radical (unpaired) electrons. The van der Waals surface area contributed by atoms with Crippen LogP contribution in [0.5, 0.6) is 0 Å². The molecular weight excluding hydrogens is 250 g/mol. The number of carbonyl (C=O) groups is 1. The van der Waals surface area contributed by atoms with Gasteiger partial charge in [0, 0.05) is 24.4 Å². The number of rotatable bonds is 3.